The Bertz CT molecular complexity index is 506. The Balaban J connectivity index is 2.06. The average molecular weight is 291 g/mol. The molecule has 0 spiro atoms. The van der Waals surface area contributed by atoms with Crippen LogP contribution in [0.15, 0.2) is 18.2 Å². The van der Waals surface area contributed by atoms with E-state index in [0.29, 0.717) is 30.3 Å². The molecule has 2 rings (SSSR count). The molecule has 1 amide bonds. The zero-order valence-corrected chi connectivity index (χ0v) is 13.0. The lowest BCUT2D eigenvalue weighted by atomic mass is 9.92. The SMILES string of the molecule is CC(O)C1CCN(C(=O)c2ccc(N(C)C)c(N)c2)CC1. The van der Waals surface area contributed by atoms with E-state index >= 15 is 0 Å². The molecule has 3 N–H and O–H groups in total. The Morgan fingerprint density at radius 2 is 2.00 bits per heavy atom. The predicted molar refractivity (Wildman–Crippen MR) is 85.5 cm³/mol. The van der Waals surface area contributed by atoms with Crippen LogP contribution in [0.2, 0.25) is 0 Å². The zero-order chi connectivity index (χ0) is 15.6. The number of carbonyl (C=O) groups is 1. The molecule has 0 aromatic heterocycles. The van der Waals surface area contributed by atoms with Gasteiger partial charge in [0.25, 0.3) is 5.91 Å². The fourth-order valence-corrected chi connectivity index (χ4v) is 2.86. The molecule has 0 bridgehead atoms. The van der Waals surface area contributed by atoms with Crippen LogP contribution in [-0.4, -0.2) is 49.2 Å². The van der Waals surface area contributed by atoms with Crippen LogP contribution >= 0.6 is 0 Å². The first kappa shape index (κ1) is 15.6. The first-order chi connectivity index (χ1) is 9.90. The summed E-state index contributed by atoms with van der Waals surface area (Å²) in [7, 11) is 3.85. The average Bonchev–Trinajstić information content (AvgIpc) is 2.46. The number of nitrogen functional groups attached to an aromatic ring is 1. The number of likely N-dealkylation sites (tertiary alicyclic amines) is 1. The highest BCUT2D eigenvalue weighted by molar-refractivity contribution is 5.96. The van der Waals surface area contributed by atoms with Crippen molar-refractivity contribution < 1.29 is 9.90 Å². The molecule has 0 radical (unpaired) electrons. The number of nitrogens with zero attached hydrogens (tertiary/aromatic N) is 2. The van der Waals surface area contributed by atoms with Crippen molar-refractivity contribution in [2.45, 2.75) is 25.9 Å². The number of hydrogen-bond acceptors (Lipinski definition) is 4. The fourth-order valence-electron chi connectivity index (χ4n) is 2.86. The van der Waals surface area contributed by atoms with E-state index in [0.717, 1.165) is 18.5 Å². The summed E-state index contributed by atoms with van der Waals surface area (Å²) in [6, 6.07) is 5.46. The number of amides is 1. The molecule has 1 unspecified atom stereocenters. The van der Waals surface area contributed by atoms with Gasteiger partial charge in [-0.05, 0) is 43.9 Å². The molecule has 5 nitrogen and oxygen atoms in total. The van der Waals surface area contributed by atoms with Crippen LogP contribution in [0.5, 0.6) is 0 Å². The van der Waals surface area contributed by atoms with Gasteiger partial charge in [0, 0.05) is 32.7 Å². The summed E-state index contributed by atoms with van der Waals surface area (Å²) in [5, 5.41) is 9.61. The van der Waals surface area contributed by atoms with Gasteiger partial charge in [0.1, 0.15) is 0 Å². The molecule has 21 heavy (non-hydrogen) atoms. The number of aliphatic hydroxyl groups is 1. The lowest BCUT2D eigenvalue weighted by molar-refractivity contribution is 0.0521. The molecule has 1 atom stereocenters. The van der Waals surface area contributed by atoms with E-state index in [-0.39, 0.29) is 12.0 Å². The molecule has 1 saturated heterocycles. The van der Waals surface area contributed by atoms with E-state index in [1.165, 1.54) is 0 Å². The molecule has 0 saturated carbocycles. The molecule has 116 valence electrons. The van der Waals surface area contributed by atoms with Gasteiger partial charge in [0.2, 0.25) is 0 Å². The van der Waals surface area contributed by atoms with Crippen molar-refractivity contribution in [1.82, 2.24) is 4.90 Å². The van der Waals surface area contributed by atoms with E-state index in [4.69, 9.17) is 5.73 Å². The maximum atomic E-state index is 12.5. The lowest BCUT2D eigenvalue weighted by Gasteiger charge is -2.33. The zero-order valence-electron chi connectivity index (χ0n) is 13.0. The summed E-state index contributed by atoms with van der Waals surface area (Å²) in [6.07, 6.45) is 1.42. The van der Waals surface area contributed by atoms with Gasteiger partial charge < -0.3 is 20.6 Å². The molecule has 0 aliphatic carbocycles. The minimum absolute atomic E-state index is 0.0241. The molecular formula is C16H25N3O2. The Hall–Kier alpha value is -1.75. The number of benzene rings is 1. The third-order valence-electron chi connectivity index (χ3n) is 4.27. The van der Waals surface area contributed by atoms with E-state index in [1.54, 1.807) is 6.07 Å². The van der Waals surface area contributed by atoms with E-state index in [1.807, 2.05) is 43.0 Å². The van der Waals surface area contributed by atoms with Crippen LogP contribution in [0.4, 0.5) is 11.4 Å². The summed E-state index contributed by atoms with van der Waals surface area (Å²) >= 11 is 0. The Labute approximate surface area is 126 Å². The number of carbonyl (C=O) groups excluding carboxylic acids is 1. The summed E-state index contributed by atoms with van der Waals surface area (Å²) in [6.45, 7) is 3.22. The summed E-state index contributed by atoms with van der Waals surface area (Å²) in [5.74, 6) is 0.325. The Morgan fingerprint density at radius 1 is 1.38 bits per heavy atom. The first-order valence-corrected chi connectivity index (χ1v) is 7.44. The summed E-state index contributed by atoms with van der Waals surface area (Å²) < 4.78 is 0. The fraction of sp³-hybridized carbons (Fsp3) is 0.562. The van der Waals surface area contributed by atoms with Gasteiger partial charge in [-0.25, -0.2) is 0 Å². The highest BCUT2D eigenvalue weighted by atomic mass is 16.3. The van der Waals surface area contributed by atoms with Crippen LogP contribution in [0.3, 0.4) is 0 Å². The van der Waals surface area contributed by atoms with E-state index < -0.39 is 0 Å². The van der Waals surface area contributed by atoms with Crippen molar-refractivity contribution >= 4 is 17.3 Å². The largest absolute Gasteiger partial charge is 0.397 e. The monoisotopic (exact) mass is 291 g/mol. The van der Waals surface area contributed by atoms with Crippen molar-refractivity contribution in [2.75, 3.05) is 37.8 Å². The lowest BCUT2D eigenvalue weighted by Crippen LogP contribution is -2.40. The maximum Gasteiger partial charge on any atom is 0.253 e. The predicted octanol–water partition coefficient (Wildman–Crippen LogP) is 1.57. The van der Waals surface area contributed by atoms with Gasteiger partial charge in [-0.15, -0.1) is 0 Å². The molecule has 1 fully saturated rings. The van der Waals surface area contributed by atoms with Crippen molar-refractivity contribution in [2.24, 2.45) is 5.92 Å². The molecule has 1 aromatic rings. The molecule has 1 aliphatic rings. The first-order valence-electron chi connectivity index (χ1n) is 7.44. The minimum Gasteiger partial charge on any atom is -0.397 e. The molecule has 1 aromatic carbocycles. The normalized spacial score (nSPS) is 17.6. The second-order valence-corrected chi connectivity index (χ2v) is 6.04. The van der Waals surface area contributed by atoms with Crippen molar-refractivity contribution in [3.05, 3.63) is 23.8 Å². The molecule has 1 heterocycles. The van der Waals surface area contributed by atoms with Crippen molar-refractivity contribution in [1.29, 1.82) is 0 Å². The molecular weight excluding hydrogens is 266 g/mol. The number of aliphatic hydroxyl groups excluding tert-OH is 1. The van der Waals surface area contributed by atoms with Crippen LogP contribution in [0.1, 0.15) is 30.1 Å². The van der Waals surface area contributed by atoms with Crippen LogP contribution in [0.25, 0.3) is 0 Å². The number of nitrogens with two attached hydrogens (primary N) is 1. The van der Waals surface area contributed by atoms with Crippen LogP contribution in [0, 0.1) is 5.92 Å². The third-order valence-corrected chi connectivity index (χ3v) is 4.27. The maximum absolute atomic E-state index is 12.5. The van der Waals surface area contributed by atoms with Crippen LogP contribution < -0.4 is 10.6 Å². The van der Waals surface area contributed by atoms with Gasteiger partial charge in [-0.3, -0.25) is 4.79 Å². The molecule has 5 heteroatoms. The second-order valence-electron chi connectivity index (χ2n) is 6.04. The summed E-state index contributed by atoms with van der Waals surface area (Å²) in [4.78, 5) is 16.3. The van der Waals surface area contributed by atoms with E-state index in [2.05, 4.69) is 0 Å². The van der Waals surface area contributed by atoms with Gasteiger partial charge in [0.15, 0.2) is 0 Å². The van der Waals surface area contributed by atoms with Gasteiger partial charge >= 0.3 is 0 Å². The molecule has 1 aliphatic heterocycles. The van der Waals surface area contributed by atoms with Gasteiger partial charge in [-0.2, -0.15) is 0 Å². The Kier molecular flexibility index (Phi) is 4.73. The minimum atomic E-state index is -0.294. The standard InChI is InChI=1S/C16H25N3O2/c1-11(20)12-6-8-19(9-7-12)16(21)13-4-5-15(18(2)3)14(17)10-13/h4-5,10-12,20H,6-9,17H2,1-3H3. The number of anilines is 2. The number of rotatable bonds is 3. The van der Waals surface area contributed by atoms with Gasteiger partial charge in [0.05, 0.1) is 17.5 Å². The number of hydrogen-bond donors (Lipinski definition) is 2. The third kappa shape index (κ3) is 3.47. The van der Waals surface area contributed by atoms with Gasteiger partial charge in [-0.1, -0.05) is 0 Å². The summed E-state index contributed by atoms with van der Waals surface area (Å²) in [5.41, 5.74) is 8.17. The topological polar surface area (TPSA) is 69.8 Å². The van der Waals surface area contributed by atoms with Crippen LogP contribution in [-0.2, 0) is 0 Å². The quantitative estimate of drug-likeness (QED) is 0.829. The number of piperidine rings is 1. The Morgan fingerprint density at radius 3 is 2.48 bits per heavy atom. The smallest absolute Gasteiger partial charge is 0.253 e. The highest BCUT2D eigenvalue weighted by Gasteiger charge is 2.26. The second kappa shape index (κ2) is 6.35. The van der Waals surface area contributed by atoms with Crippen molar-refractivity contribution in [3.8, 4) is 0 Å². The highest BCUT2D eigenvalue weighted by Crippen LogP contribution is 2.25. The van der Waals surface area contributed by atoms with Crippen molar-refractivity contribution in [3.63, 3.8) is 0 Å². The van der Waals surface area contributed by atoms with E-state index in [9.17, 15) is 9.90 Å².